The van der Waals surface area contributed by atoms with Crippen molar-refractivity contribution in [3.05, 3.63) is 172 Å². The molecule has 0 N–H and O–H groups in total. The van der Waals surface area contributed by atoms with Crippen LogP contribution >= 0.6 is 0 Å². The summed E-state index contributed by atoms with van der Waals surface area (Å²) in [5.41, 5.74) is 26.4. The fourth-order valence-corrected chi connectivity index (χ4v) is 11.5. The van der Waals surface area contributed by atoms with Crippen molar-refractivity contribution in [2.24, 2.45) is 0 Å². The predicted molar refractivity (Wildman–Crippen MR) is 292 cm³/mol. The Kier molecular flexibility index (Phi) is 10.3. The van der Waals surface area contributed by atoms with Crippen molar-refractivity contribution < 1.29 is 0 Å². The fraction of sp³-hybridized carbons (Fsp3) is 0.344. The second-order valence-corrected chi connectivity index (χ2v) is 24.7. The third-order valence-electron chi connectivity index (χ3n) is 15.8. The van der Waals surface area contributed by atoms with Gasteiger partial charge in [0.1, 0.15) is 0 Å². The van der Waals surface area contributed by atoms with Gasteiger partial charge >= 0.3 is 0 Å². The average molecular weight is 879 g/mol. The van der Waals surface area contributed by atoms with Crippen LogP contribution in [0.2, 0.25) is 0 Å². The molecule has 0 unspecified atom stereocenters. The van der Waals surface area contributed by atoms with Gasteiger partial charge in [-0.3, -0.25) is 0 Å². The lowest BCUT2D eigenvalue weighted by atomic mass is 9.33. The maximum Gasteiger partial charge on any atom is 0.252 e. The molecule has 340 valence electrons. The number of fused-ring (bicyclic) bond motifs is 5. The van der Waals surface area contributed by atoms with Gasteiger partial charge in [0.15, 0.2) is 0 Å². The largest absolute Gasteiger partial charge is 0.311 e. The van der Waals surface area contributed by atoms with E-state index < -0.39 is 0 Å². The van der Waals surface area contributed by atoms with E-state index in [1.165, 1.54) is 118 Å². The SMILES string of the molecule is Cc1cc2c3c(c1)N(c1ccc(C(C)(C)C)cc1-c1ccccc1)c1cc4c(cc1B3c1ccc(-c3ccc(C(C)(C)C)cc3)cc1N2c1ccc(C(C)(C)C)cc1C)C(C)(C)CCC4(C)C. The first-order valence-corrected chi connectivity index (χ1v) is 24.9. The minimum atomic E-state index is -0.0117. The molecule has 3 aliphatic rings. The molecule has 7 aromatic carbocycles. The van der Waals surface area contributed by atoms with Gasteiger partial charge in [-0.25, -0.2) is 0 Å². The third-order valence-corrected chi connectivity index (χ3v) is 15.8. The first kappa shape index (κ1) is 45.0. The zero-order valence-corrected chi connectivity index (χ0v) is 43.1. The third kappa shape index (κ3) is 7.56. The normalized spacial score (nSPS) is 16.0. The Morgan fingerprint density at radius 3 is 1.51 bits per heavy atom. The van der Waals surface area contributed by atoms with Crippen LogP contribution in [0.25, 0.3) is 22.3 Å². The van der Waals surface area contributed by atoms with Crippen LogP contribution in [0.1, 0.15) is 142 Å². The van der Waals surface area contributed by atoms with Gasteiger partial charge in [0.2, 0.25) is 0 Å². The highest BCUT2D eigenvalue weighted by molar-refractivity contribution is 7.00. The fourth-order valence-electron chi connectivity index (χ4n) is 11.5. The zero-order valence-electron chi connectivity index (χ0n) is 43.1. The average Bonchev–Trinajstić information content (AvgIpc) is 3.26. The number of nitrogens with zero attached hydrogens (tertiary/aromatic N) is 2. The molecule has 0 radical (unpaired) electrons. The van der Waals surface area contributed by atoms with Crippen molar-refractivity contribution in [1.82, 2.24) is 0 Å². The molecule has 0 saturated heterocycles. The van der Waals surface area contributed by atoms with Crippen molar-refractivity contribution in [1.29, 1.82) is 0 Å². The second kappa shape index (κ2) is 15.4. The van der Waals surface area contributed by atoms with Gasteiger partial charge in [0.05, 0.1) is 5.69 Å². The molecular formula is C64H71BN2. The Hall–Kier alpha value is -5.80. The van der Waals surface area contributed by atoms with Crippen LogP contribution in [-0.2, 0) is 27.1 Å². The van der Waals surface area contributed by atoms with Gasteiger partial charge in [-0.1, -0.05) is 181 Å². The van der Waals surface area contributed by atoms with Crippen molar-refractivity contribution in [2.75, 3.05) is 9.80 Å². The van der Waals surface area contributed by atoms with Crippen molar-refractivity contribution in [3.63, 3.8) is 0 Å². The topological polar surface area (TPSA) is 6.48 Å². The lowest BCUT2D eigenvalue weighted by molar-refractivity contribution is 0.332. The van der Waals surface area contributed by atoms with Crippen molar-refractivity contribution >= 4 is 57.2 Å². The summed E-state index contributed by atoms with van der Waals surface area (Å²) in [7, 11) is 0. The van der Waals surface area contributed by atoms with E-state index in [0.717, 1.165) is 6.42 Å². The first-order chi connectivity index (χ1) is 31.4. The number of benzene rings is 7. The van der Waals surface area contributed by atoms with E-state index in [0.29, 0.717) is 0 Å². The van der Waals surface area contributed by atoms with Crippen molar-refractivity contribution in [3.8, 4) is 22.3 Å². The van der Waals surface area contributed by atoms with Crippen LogP contribution in [-0.4, -0.2) is 6.71 Å². The minimum Gasteiger partial charge on any atom is -0.311 e. The van der Waals surface area contributed by atoms with Crippen LogP contribution in [0, 0.1) is 13.8 Å². The highest BCUT2D eigenvalue weighted by atomic mass is 15.2. The van der Waals surface area contributed by atoms with E-state index in [-0.39, 0.29) is 33.8 Å². The summed E-state index contributed by atoms with van der Waals surface area (Å²) in [6.07, 6.45) is 2.33. The summed E-state index contributed by atoms with van der Waals surface area (Å²) >= 11 is 0. The molecule has 0 atom stereocenters. The van der Waals surface area contributed by atoms with Crippen LogP contribution in [0.4, 0.5) is 34.1 Å². The van der Waals surface area contributed by atoms with E-state index in [1.807, 2.05) is 0 Å². The van der Waals surface area contributed by atoms with E-state index in [9.17, 15) is 0 Å². The van der Waals surface area contributed by atoms with Gasteiger partial charge in [-0.05, 0) is 168 Å². The number of aryl methyl sites for hydroxylation is 2. The molecule has 0 amide bonds. The Bertz CT molecular complexity index is 3090. The minimum absolute atomic E-state index is 0.0117. The number of anilines is 6. The van der Waals surface area contributed by atoms with E-state index >= 15 is 0 Å². The molecule has 3 heteroatoms. The van der Waals surface area contributed by atoms with Crippen LogP contribution in [0.3, 0.4) is 0 Å². The highest BCUT2D eigenvalue weighted by Crippen LogP contribution is 2.52. The van der Waals surface area contributed by atoms with Crippen LogP contribution in [0.15, 0.2) is 133 Å². The van der Waals surface area contributed by atoms with Gasteiger partial charge in [-0.2, -0.15) is 0 Å². The predicted octanol–water partition coefficient (Wildman–Crippen LogP) is 16.0. The zero-order chi connectivity index (χ0) is 47.7. The summed E-state index contributed by atoms with van der Waals surface area (Å²) in [6, 6.07) is 52.5. The van der Waals surface area contributed by atoms with Gasteiger partial charge in [-0.15, -0.1) is 0 Å². The van der Waals surface area contributed by atoms with Crippen LogP contribution in [0.5, 0.6) is 0 Å². The molecule has 2 nitrogen and oxygen atoms in total. The van der Waals surface area contributed by atoms with E-state index in [4.69, 9.17) is 0 Å². The summed E-state index contributed by atoms with van der Waals surface area (Å²) < 4.78 is 0. The number of hydrogen-bond donors (Lipinski definition) is 0. The maximum absolute atomic E-state index is 2.67. The van der Waals surface area contributed by atoms with Crippen molar-refractivity contribution in [2.45, 2.75) is 144 Å². The molecule has 0 bridgehead atoms. The molecular weight excluding hydrogens is 808 g/mol. The first-order valence-electron chi connectivity index (χ1n) is 24.9. The molecule has 0 saturated carbocycles. The second-order valence-electron chi connectivity index (χ2n) is 24.7. The standard InChI is InChI=1S/C64H71BN2/c1-40-33-57-59-58(34-40)67(54-30-27-47(62(9,10)11)37-48(54)43-19-17-16-18-20-43)56-39-50-49(63(12,13)31-32-64(50,14)15)38-52(56)65(59)51-28-23-44(42-21-24-45(25-22-42)60(3,4)5)36-55(51)66(57)53-29-26-46(35-41(53)2)61(6,7)8/h16-30,33-39H,31-32H2,1-15H3. The van der Waals surface area contributed by atoms with E-state index in [1.54, 1.807) is 0 Å². The molecule has 10 rings (SSSR count). The monoisotopic (exact) mass is 879 g/mol. The lowest BCUT2D eigenvalue weighted by Crippen LogP contribution is -2.62. The summed E-state index contributed by atoms with van der Waals surface area (Å²) in [5, 5.41) is 0. The molecule has 0 aromatic heterocycles. The number of hydrogen-bond acceptors (Lipinski definition) is 2. The summed E-state index contributed by atoms with van der Waals surface area (Å²) in [5.74, 6) is 0. The van der Waals surface area contributed by atoms with Gasteiger partial charge < -0.3 is 9.80 Å². The lowest BCUT2D eigenvalue weighted by Gasteiger charge is -2.48. The number of rotatable bonds is 4. The summed E-state index contributed by atoms with van der Waals surface area (Å²) in [6.45, 7) is 35.4. The van der Waals surface area contributed by atoms with E-state index in [2.05, 4.69) is 247 Å². The van der Waals surface area contributed by atoms with Gasteiger partial charge in [0, 0.05) is 34.0 Å². The Morgan fingerprint density at radius 1 is 0.418 bits per heavy atom. The Balaban J connectivity index is 1.32. The highest BCUT2D eigenvalue weighted by Gasteiger charge is 2.47. The molecule has 2 heterocycles. The van der Waals surface area contributed by atoms with Crippen LogP contribution < -0.4 is 26.2 Å². The maximum atomic E-state index is 2.67. The molecule has 2 aliphatic heterocycles. The molecule has 0 spiro atoms. The summed E-state index contributed by atoms with van der Waals surface area (Å²) in [4.78, 5) is 5.30. The molecule has 7 aromatic rings. The smallest absolute Gasteiger partial charge is 0.252 e. The molecule has 0 fully saturated rings. The van der Waals surface area contributed by atoms with Gasteiger partial charge in [0.25, 0.3) is 6.71 Å². The molecule has 1 aliphatic carbocycles. The quantitative estimate of drug-likeness (QED) is 0.163. The Labute approximate surface area is 403 Å². The Morgan fingerprint density at radius 2 is 0.925 bits per heavy atom. The molecule has 67 heavy (non-hydrogen) atoms.